The third kappa shape index (κ3) is 2.10. The van der Waals surface area contributed by atoms with Crippen LogP contribution in [0, 0.1) is 5.92 Å². The second kappa shape index (κ2) is 4.15. The molecular formula is C13H14OS. The lowest BCUT2D eigenvalue weighted by Crippen LogP contribution is -2.08. The number of hydrogen-bond donors (Lipinski definition) is 0. The van der Waals surface area contributed by atoms with Crippen molar-refractivity contribution in [2.75, 3.05) is 0 Å². The van der Waals surface area contributed by atoms with E-state index in [9.17, 15) is 4.79 Å². The second-order valence-corrected chi connectivity index (χ2v) is 4.88. The van der Waals surface area contributed by atoms with E-state index in [4.69, 9.17) is 0 Å². The molecule has 2 rings (SSSR count). The highest BCUT2D eigenvalue weighted by Gasteiger charge is 2.11. The summed E-state index contributed by atoms with van der Waals surface area (Å²) in [5.74, 6) is 0.397. The van der Waals surface area contributed by atoms with Crippen molar-refractivity contribution in [3.8, 4) is 0 Å². The second-order valence-electron chi connectivity index (χ2n) is 3.97. The fourth-order valence-electron chi connectivity index (χ4n) is 1.66. The van der Waals surface area contributed by atoms with Crippen LogP contribution in [-0.2, 0) is 11.2 Å². The first-order chi connectivity index (χ1) is 7.18. The molecule has 1 aromatic carbocycles. The highest BCUT2D eigenvalue weighted by molar-refractivity contribution is 7.17. The molecule has 0 radical (unpaired) electrons. The van der Waals surface area contributed by atoms with Gasteiger partial charge in [-0.05, 0) is 35.7 Å². The average Bonchev–Trinajstić information content (AvgIpc) is 2.62. The van der Waals surface area contributed by atoms with Gasteiger partial charge in [-0.3, -0.25) is 4.79 Å². The SMILES string of the molecule is CC(=O)[C@H](C)Cc1csc2ccccc12. The lowest BCUT2D eigenvalue weighted by atomic mass is 9.98. The lowest BCUT2D eigenvalue weighted by molar-refractivity contribution is -0.120. The zero-order valence-electron chi connectivity index (χ0n) is 8.99. The van der Waals surface area contributed by atoms with Gasteiger partial charge in [0.15, 0.2) is 0 Å². The van der Waals surface area contributed by atoms with Crippen molar-refractivity contribution in [2.45, 2.75) is 20.3 Å². The van der Waals surface area contributed by atoms with Crippen LogP contribution in [0.3, 0.4) is 0 Å². The monoisotopic (exact) mass is 218 g/mol. The van der Waals surface area contributed by atoms with Gasteiger partial charge in [0.2, 0.25) is 0 Å². The molecule has 0 saturated carbocycles. The maximum Gasteiger partial charge on any atom is 0.132 e. The van der Waals surface area contributed by atoms with Crippen LogP contribution < -0.4 is 0 Å². The number of carbonyl (C=O) groups excluding carboxylic acids is 1. The van der Waals surface area contributed by atoms with Crippen molar-refractivity contribution >= 4 is 27.2 Å². The molecule has 1 heterocycles. The molecule has 0 aliphatic carbocycles. The van der Waals surface area contributed by atoms with Crippen molar-refractivity contribution in [3.63, 3.8) is 0 Å². The van der Waals surface area contributed by atoms with Gasteiger partial charge in [-0.1, -0.05) is 25.1 Å². The van der Waals surface area contributed by atoms with Gasteiger partial charge in [-0.25, -0.2) is 0 Å². The van der Waals surface area contributed by atoms with E-state index in [1.165, 1.54) is 15.6 Å². The van der Waals surface area contributed by atoms with Crippen LogP contribution in [0.15, 0.2) is 29.6 Å². The molecule has 0 bridgehead atoms. The minimum Gasteiger partial charge on any atom is -0.300 e. The summed E-state index contributed by atoms with van der Waals surface area (Å²) < 4.78 is 1.31. The van der Waals surface area contributed by atoms with E-state index in [2.05, 4.69) is 29.6 Å². The maximum atomic E-state index is 11.2. The summed E-state index contributed by atoms with van der Waals surface area (Å²) in [6, 6.07) is 8.37. The fourth-order valence-corrected chi connectivity index (χ4v) is 2.64. The van der Waals surface area contributed by atoms with Gasteiger partial charge in [0.1, 0.15) is 5.78 Å². The summed E-state index contributed by atoms with van der Waals surface area (Å²) >= 11 is 1.76. The topological polar surface area (TPSA) is 17.1 Å². The van der Waals surface area contributed by atoms with Crippen molar-refractivity contribution in [2.24, 2.45) is 5.92 Å². The third-order valence-electron chi connectivity index (χ3n) is 2.78. The van der Waals surface area contributed by atoms with Crippen LogP contribution >= 0.6 is 11.3 Å². The molecule has 1 atom stereocenters. The van der Waals surface area contributed by atoms with Gasteiger partial charge >= 0.3 is 0 Å². The Morgan fingerprint density at radius 2 is 2.13 bits per heavy atom. The molecule has 0 aliphatic heterocycles. The van der Waals surface area contributed by atoms with Crippen molar-refractivity contribution in [1.82, 2.24) is 0 Å². The molecule has 15 heavy (non-hydrogen) atoms. The third-order valence-corrected chi connectivity index (χ3v) is 3.79. The van der Waals surface area contributed by atoms with Gasteiger partial charge < -0.3 is 0 Å². The van der Waals surface area contributed by atoms with Crippen molar-refractivity contribution in [1.29, 1.82) is 0 Å². The van der Waals surface area contributed by atoms with Crippen LogP contribution in [0.1, 0.15) is 19.4 Å². The first kappa shape index (κ1) is 10.4. The van der Waals surface area contributed by atoms with E-state index in [0.29, 0.717) is 0 Å². The zero-order chi connectivity index (χ0) is 10.8. The normalized spacial score (nSPS) is 12.9. The molecule has 0 fully saturated rings. The Morgan fingerprint density at radius 3 is 2.87 bits per heavy atom. The first-order valence-electron chi connectivity index (χ1n) is 5.14. The standard InChI is InChI=1S/C13H14OS/c1-9(10(2)14)7-11-8-15-13-6-4-3-5-12(11)13/h3-6,8-9H,7H2,1-2H3/t9-/m1/s1. The number of carbonyl (C=O) groups is 1. The maximum absolute atomic E-state index is 11.2. The zero-order valence-corrected chi connectivity index (χ0v) is 9.80. The fraction of sp³-hybridized carbons (Fsp3) is 0.308. The summed E-state index contributed by atoms with van der Waals surface area (Å²) in [6.07, 6.45) is 0.860. The van der Waals surface area contributed by atoms with Crippen molar-refractivity contribution < 1.29 is 4.79 Å². The molecular weight excluding hydrogens is 204 g/mol. The Hall–Kier alpha value is -1.15. The van der Waals surface area contributed by atoms with Gasteiger partial charge in [-0.15, -0.1) is 11.3 Å². The van der Waals surface area contributed by atoms with Gasteiger partial charge in [0, 0.05) is 10.6 Å². The molecule has 0 amide bonds. The quantitative estimate of drug-likeness (QED) is 0.768. The van der Waals surface area contributed by atoms with Gasteiger partial charge in [-0.2, -0.15) is 0 Å². The van der Waals surface area contributed by atoms with Crippen LogP contribution in [0.2, 0.25) is 0 Å². The molecule has 2 heteroatoms. The van der Waals surface area contributed by atoms with E-state index >= 15 is 0 Å². The van der Waals surface area contributed by atoms with E-state index in [-0.39, 0.29) is 11.7 Å². The first-order valence-corrected chi connectivity index (χ1v) is 6.02. The number of fused-ring (bicyclic) bond motifs is 1. The molecule has 2 aromatic rings. The van der Waals surface area contributed by atoms with E-state index in [0.717, 1.165) is 6.42 Å². The highest BCUT2D eigenvalue weighted by atomic mass is 32.1. The largest absolute Gasteiger partial charge is 0.300 e. The number of thiophene rings is 1. The molecule has 1 aromatic heterocycles. The number of hydrogen-bond acceptors (Lipinski definition) is 2. The smallest absolute Gasteiger partial charge is 0.132 e. The summed E-state index contributed by atoms with van der Waals surface area (Å²) in [5.41, 5.74) is 1.30. The Bertz CT molecular complexity index is 484. The number of Topliss-reactive ketones (excluding diaryl/α,β-unsaturated/α-hetero) is 1. The lowest BCUT2D eigenvalue weighted by Gasteiger charge is -2.05. The number of rotatable bonds is 3. The average molecular weight is 218 g/mol. The van der Waals surface area contributed by atoms with E-state index in [1.807, 2.05) is 6.92 Å². The predicted molar refractivity (Wildman–Crippen MR) is 65.4 cm³/mol. The van der Waals surface area contributed by atoms with Crippen LogP contribution in [0.5, 0.6) is 0 Å². The molecule has 0 saturated heterocycles. The highest BCUT2D eigenvalue weighted by Crippen LogP contribution is 2.27. The number of benzene rings is 1. The van der Waals surface area contributed by atoms with Crippen LogP contribution in [0.4, 0.5) is 0 Å². The summed E-state index contributed by atoms with van der Waals surface area (Å²) in [6.45, 7) is 3.66. The summed E-state index contributed by atoms with van der Waals surface area (Å²) in [7, 11) is 0. The minimum atomic E-state index is 0.128. The van der Waals surface area contributed by atoms with Gasteiger partial charge in [0.25, 0.3) is 0 Å². The number of ketones is 1. The Labute approximate surface area is 93.7 Å². The molecule has 0 spiro atoms. The summed E-state index contributed by atoms with van der Waals surface area (Å²) in [4.78, 5) is 11.2. The molecule has 78 valence electrons. The predicted octanol–water partition coefficient (Wildman–Crippen LogP) is 3.67. The van der Waals surface area contributed by atoms with E-state index in [1.54, 1.807) is 18.3 Å². The Balaban J connectivity index is 2.32. The molecule has 1 nitrogen and oxygen atoms in total. The van der Waals surface area contributed by atoms with E-state index < -0.39 is 0 Å². The van der Waals surface area contributed by atoms with Crippen LogP contribution in [-0.4, -0.2) is 5.78 Å². The van der Waals surface area contributed by atoms with Crippen LogP contribution in [0.25, 0.3) is 10.1 Å². The molecule has 0 aliphatic rings. The Kier molecular flexibility index (Phi) is 2.87. The Morgan fingerprint density at radius 1 is 1.40 bits per heavy atom. The van der Waals surface area contributed by atoms with Crippen molar-refractivity contribution in [3.05, 3.63) is 35.2 Å². The van der Waals surface area contributed by atoms with Gasteiger partial charge in [0.05, 0.1) is 0 Å². The summed E-state index contributed by atoms with van der Waals surface area (Å²) in [5, 5.41) is 3.47. The molecule has 0 N–H and O–H groups in total. The minimum absolute atomic E-state index is 0.128. The molecule has 0 unspecified atom stereocenters.